The molecule has 0 unspecified atom stereocenters. The number of halogens is 2. The van der Waals surface area contributed by atoms with E-state index in [9.17, 15) is 13.9 Å². The second-order valence-corrected chi connectivity index (χ2v) is 5.90. The van der Waals surface area contributed by atoms with Crippen LogP contribution in [0.4, 0.5) is 14.6 Å². The number of hydrogen-bond donors (Lipinski definition) is 2. The van der Waals surface area contributed by atoms with E-state index in [1.807, 2.05) is 13.8 Å². The van der Waals surface area contributed by atoms with Crippen LogP contribution >= 0.6 is 0 Å². The second kappa shape index (κ2) is 9.27. The first-order valence-electron chi connectivity index (χ1n) is 9.32. The van der Waals surface area contributed by atoms with Crippen LogP contribution in [0.15, 0.2) is 54.7 Å². The maximum absolute atomic E-state index is 12.6. The topological polar surface area (TPSA) is 99.1 Å². The molecule has 4 rings (SSSR count). The van der Waals surface area contributed by atoms with E-state index in [-0.39, 0.29) is 18.3 Å². The number of anilines is 1. The quantitative estimate of drug-likeness (QED) is 0.509. The van der Waals surface area contributed by atoms with Gasteiger partial charge in [-0.05, 0) is 35.9 Å². The lowest BCUT2D eigenvalue weighted by Gasteiger charge is -2.11. The molecular formula is C21H21F2N5O2. The summed E-state index contributed by atoms with van der Waals surface area (Å²) in [6, 6.07) is 13.4. The fraction of sp³-hybridized carbons (Fsp3) is 0.190. The van der Waals surface area contributed by atoms with Crippen molar-refractivity contribution < 1.29 is 18.6 Å². The van der Waals surface area contributed by atoms with Gasteiger partial charge in [-0.25, -0.2) is 9.97 Å². The van der Waals surface area contributed by atoms with Crippen molar-refractivity contribution in [1.29, 1.82) is 0 Å². The van der Waals surface area contributed by atoms with Gasteiger partial charge in [0, 0.05) is 18.0 Å². The first kappa shape index (κ1) is 21.1. The molecule has 0 amide bonds. The number of nitrogens with two attached hydrogens (primary N) is 1. The van der Waals surface area contributed by atoms with Crippen LogP contribution in [-0.4, -0.2) is 31.2 Å². The van der Waals surface area contributed by atoms with Crippen molar-refractivity contribution in [3.8, 4) is 23.0 Å². The summed E-state index contributed by atoms with van der Waals surface area (Å²) in [5.74, 6) is 0.510. The number of rotatable bonds is 5. The van der Waals surface area contributed by atoms with Gasteiger partial charge < -0.3 is 15.6 Å². The number of hydrogen-bond acceptors (Lipinski definition) is 6. The molecule has 1 aromatic carbocycles. The van der Waals surface area contributed by atoms with Gasteiger partial charge in [0.2, 0.25) is 5.88 Å². The minimum atomic E-state index is -2.99. The number of aromatic nitrogens is 4. The monoisotopic (exact) mass is 413 g/mol. The molecule has 0 aliphatic carbocycles. The van der Waals surface area contributed by atoms with E-state index in [1.165, 1.54) is 6.07 Å². The third-order valence-corrected chi connectivity index (χ3v) is 4.15. The Bertz CT molecular complexity index is 1130. The lowest BCUT2D eigenvalue weighted by Crippen LogP contribution is -2.05. The van der Waals surface area contributed by atoms with Gasteiger partial charge >= 0.3 is 6.61 Å². The predicted molar refractivity (Wildman–Crippen MR) is 110 cm³/mol. The Kier molecular flexibility index (Phi) is 6.53. The molecule has 0 aliphatic rings. The van der Waals surface area contributed by atoms with Crippen molar-refractivity contribution in [3.63, 3.8) is 0 Å². The van der Waals surface area contributed by atoms with Gasteiger partial charge in [-0.3, -0.25) is 4.57 Å². The smallest absolute Gasteiger partial charge is 0.388 e. The third-order valence-electron chi connectivity index (χ3n) is 4.15. The summed E-state index contributed by atoms with van der Waals surface area (Å²) in [5, 5.41) is 9.28. The molecule has 0 aliphatic heterocycles. The third kappa shape index (κ3) is 4.20. The van der Waals surface area contributed by atoms with Crippen molar-refractivity contribution in [2.45, 2.75) is 27.1 Å². The zero-order valence-corrected chi connectivity index (χ0v) is 16.5. The number of benzene rings is 1. The van der Waals surface area contributed by atoms with Crippen molar-refractivity contribution in [1.82, 2.24) is 19.5 Å². The normalized spacial score (nSPS) is 10.7. The van der Waals surface area contributed by atoms with Crippen LogP contribution in [0.3, 0.4) is 0 Å². The van der Waals surface area contributed by atoms with Gasteiger partial charge in [0.25, 0.3) is 0 Å². The molecule has 0 spiro atoms. The van der Waals surface area contributed by atoms with Crippen LogP contribution in [0.2, 0.25) is 0 Å². The SMILES string of the molecule is CC.Nc1ncccc1-c1nc2ccc(OC(F)F)nc2n1-c1ccc(CO)cc1. The molecule has 30 heavy (non-hydrogen) atoms. The highest BCUT2D eigenvalue weighted by molar-refractivity contribution is 5.83. The maximum Gasteiger partial charge on any atom is 0.388 e. The number of nitrogen functional groups attached to an aromatic ring is 1. The van der Waals surface area contributed by atoms with Crippen molar-refractivity contribution in [3.05, 3.63) is 60.3 Å². The van der Waals surface area contributed by atoms with Gasteiger partial charge in [-0.15, -0.1) is 0 Å². The first-order valence-corrected chi connectivity index (χ1v) is 9.32. The fourth-order valence-corrected chi connectivity index (χ4v) is 2.88. The van der Waals surface area contributed by atoms with E-state index in [4.69, 9.17) is 5.73 Å². The van der Waals surface area contributed by atoms with E-state index in [2.05, 4.69) is 19.7 Å². The molecule has 9 heteroatoms. The summed E-state index contributed by atoms with van der Waals surface area (Å²) in [6.45, 7) is 0.913. The van der Waals surface area contributed by atoms with Gasteiger partial charge in [0.15, 0.2) is 11.5 Å². The Morgan fingerprint density at radius 3 is 2.43 bits per heavy atom. The minimum absolute atomic E-state index is 0.0992. The van der Waals surface area contributed by atoms with Crippen LogP contribution in [0.25, 0.3) is 28.2 Å². The van der Waals surface area contributed by atoms with Gasteiger partial charge in [0.05, 0.1) is 12.2 Å². The minimum Gasteiger partial charge on any atom is -0.417 e. The largest absolute Gasteiger partial charge is 0.417 e. The fourth-order valence-electron chi connectivity index (χ4n) is 2.88. The predicted octanol–water partition coefficient (Wildman–Crippen LogP) is 4.18. The number of imidazole rings is 1. The zero-order valence-electron chi connectivity index (χ0n) is 16.5. The highest BCUT2D eigenvalue weighted by Crippen LogP contribution is 2.31. The van der Waals surface area contributed by atoms with E-state index in [1.54, 1.807) is 53.2 Å². The Morgan fingerprint density at radius 1 is 1.07 bits per heavy atom. The maximum atomic E-state index is 12.6. The van der Waals surface area contributed by atoms with Crippen molar-refractivity contribution in [2.24, 2.45) is 0 Å². The summed E-state index contributed by atoms with van der Waals surface area (Å²) in [6.07, 6.45) is 1.56. The van der Waals surface area contributed by atoms with Crippen LogP contribution < -0.4 is 10.5 Å². The van der Waals surface area contributed by atoms with Crippen molar-refractivity contribution in [2.75, 3.05) is 5.73 Å². The van der Waals surface area contributed by atoms with E-state index < -0.39 is 6.61 Å². The van der Waals surface area contributed by atoms with E-state index in [0.717, 1.165) is 5.56 Å². The Morgan fingerprint density at radius 2 is 1.80 bits per heavy atom. The number of alkyl halides is 2. The van der Waals surface area contributed by atoms with E-state index in [0.29, 0.717) is 28.2 Å². The Labute approximate surface area is 171 Å². The van der Waals surface area contributed by atoms with Crippen LogP contribution in [0, 0.1) is 0 Å². The number of nitrogens with zero attached hydrogens (tertiary/aromatic N) is 4. The molecule has 0 saturated carbocycles. The summed E-state index contributed by atoms with van der Waals surface area (Å²) < 4.78 is 31.4. The van der Waals surface area contributed by atoms with Gasteiger partial charge in [-0.2, -0.15) is 13.8 Å². The van der Waals surface area contributed by atoms with E-state index >= 15 is 0 Å². The molecule has 3 heterocycles. The highest BCUT2D eigenvalue weighted by Gasteiger charge is 2.19. The summed E-state index contributed by atoms with van der Waals surface area (Å²) >= 11 is 0. The number of aliphatic hydroxyl groups excluding tert-OH is 1. The molecule has 0 bridgehead atoms. The standard InChI is InChI=1S/C19H15F2N5O2.C2H6/c20-19(21)28-15-8-7-14-18(25-15)26(12-5-3-11(10-27)4-6-12)17(24-14)13-2-1-9-23-16(13)22;1-2/h1-9,19,27H,10H2,(H2,22,23);1-2H3. The molecule has 0 fully saturated rings. The zero-order chi connectivity index (χ0) is 21.7. The molecule has 7 nitrogen and oxygen atoms in total. The second-order valence-electron chi connectivity index (χ2n) is 5.90. The number of ether oxygens (including phenoxy) is 1. The number of pyridine rings is 2. The number of fused-ring (bicyclic) bond motifs is 1. The van der Waals surface area contributed by atoms with Crippen molar-refractivity contribution >= 4 is 17.0 Å². The molecule has 0 radical (unpaired) electrons. The summed E-state index contributed by atoms with van der Waals surface area (Å²) in [7, 11) is 0. The van der Waals surface area contributed by atoms with Crippen LogP contribution in [0.5, 0.6) is 5.88 Å². The first-order chi connectivity index (χ1) is 14.6. The molecule has 3 aromatic heterocycles. The summed E-state index contributed by atoms with van der Waals surface area (Å²) in [4.78, 5) is 12.9. The van der Waals surface area contributed by atoms with Gasteiger partial charge in [0.1, 0.15) is 11.3 Å². The Balaban J connectivity index is 0.00000124. The van der Waals surface area contributed by atoms with Crippen LogP contribution in [-0.2, 0) is 6.61 Å². The molecule has 4 aromatic rings. The molecule has 0 atom stereocenters. The van der Waals surface area contributed by atoms with Gasteiger partial charge in [-0.1, -0.05) is 26.0 Å². The molecular weight excluding hydrogens is 392 g/mol. The molecule has 3 N–H and O–H groups in total. The number of aliphatic hydroxyl groups is 1. The summed E-state index contributed by atoms with van der Waals surface area (Å²) in [5.41, 5.74) is 8.79. The van der Waals surface area contributed by atoms with Crippen LogP contribution in [0.1, 0.15) is 19.4 Å². The average Bonchev–Trinajstić information content (AvgIpc) is 3.13. The average molecular weight is 413 g/mol. The molecule has 0 saturated heterocycles. The lowest BCUT2D eigenvalue weighted by atomic mass is 10.2. The lowest BCUT2D eigenvalue weighted by molar-refractivity contribution is -0.0526. The highest BCUT2D eigenvalue weighted by atomic mass is 19.3. The molecule has 156 valence electrons. The Hall–Kier alpha value is -3.59.